The predicted octanol–water partition coefficient (Wildman–Crippen LogP) is 4.76. The quantitative estimate of drug-likeness (QED) is 0.703. The van der Waals surface area contributed by atoms with Gasteiger partial charge in [0.2, 0.25) is 0 Å². The standard InChI is InChI=1S/C21H30N2O2/c1-5-7-8-11-15(6-2)18-16-12-9-10-13-17(16)23(14(3)4)21(25)19(18)20(22)24/h9-10,12-15H,5-8,11H2,1-4H3,(H2,22,24). The first-order chi connectivity index (χ1) is 11.9. The molecule has 1 aromatic carbocycles. The largest absolute Gasteiger partial charge is 0.365 e. The highest BCUT2D eigenvalue weighted by Gasteiger charge is 2.25. The molecule has 2 rings (SSSR count). The predicted molar refractivity (Wildman–Crippen MR) is 104 cm³/mol. The SMILES string of the molecule is CCCCCC(CC)c1c(C(N)=O)c(=O)n(C(C)C)c2ccccc12. The lowest BCUT2D eigenvalue weighted by atomic mass is 9.85. The van der Waals surface area contributed by atoms with Crippen molar-refractivity contribution in [2.45, 2.75) is 71.8 Å². The van der Waals surface area contributed by atoms with E-state index in [0.717, 1.165) is 48.6 Å². The lowest BCUT2D eigenvalue weighted by Crippen LogP contribution is -2.33. The maximum Gasteiger partial charge on any atom is 0.264 e. The molecule has 0 fully saturated rings. The molecule has 0 bridgehead atoms. The summed E-state index contributed by atoms with van der Waals surface area (Å²) in [5.41, 5.74) is 7.32. The number of pyridine rings is 1. The van der Waals surface area contributed by atoms with Gasteiger partial charge in [-0.05, 0) is 44.2 Å². The van der Waals surface area contributed by atoms with Crippen LogP contribution in [0.4, 0.5) is 0 Å². The van der Waals surface area contributed by atoms with E-state index in [-0.39, 0.29) is 23.1 Å². The normalized spacial score (nSPS) is 12.7. The maximum atomic E-state index is 13.1. The second kappa shape index (κ2) is 8.32. The number of carbonyl (C=O) groups is 1. The Morgan fingerprint density at radius 3 is 2.40 bits per heavy atom. The second-order valence-corrected chi connectivity index (χ2v) is 7.04. The van der Waals surface area contributed by atoms with Gasteiger partial charge in [-0.15, -0.1) is 0 Å². The number of fused-ring (bicyclic) bond motifs is 1. The number of nitrogens with two attached hydrogens (primary N) is 1. The molecule has 1 atom stereocenters. The summed E-state index contributed by atoms with van der Waals surface area (Å²) in [4.78, 5) is 25.3. The number of nitrogens with zero attached hydrogens (tertiary/aromatic N) is 1. The summed E-state index contributed by atoms with van der Waals surface area (Å²) in [7, 11) is 0. The van der Waals surface area contributed by atoms with Crippen LogP contribution in [0.15, 0.2) is 29.1 Å². The fourth-order valence-corrected chi connectivity index (χ4v) is 3.76. The number of carbonyl (C=O) groups excluding carboxylic acids is 1. The third-order valence-corrected chi connectivity index (χ3v) is 4.98. The van der Waals surface area contributed by atoms with Gasteiger partial charge in [-0.3, -0.25) is 9.59 Å². The van der Waals surface area contributed by atoms with Gasteiger partial charge in [0, 0.05) is 11.4 Å². The lowest BCUT2D eigenvalue weighted by Gasteiger charge is -2.24. The summed E-state index contributed by atoms with van der Waals surface area (Å²) in [5.74, 6) is -0.442. The number of hydrogen-bond donors (Lipinski definition) is 1. The van der Waals surface area contributed by atoms with E-state index in [2.05, 4.69) is 13.8 Å². The van der Waals surface area contributed by atoms with Crippen molar-refractivity contribution in [3.63, 3.8) is 0 Å². The minimum absolute atomic E-state index is 0.0373. The molecule has 0 spiro atoms. The average molecular weight is 342 g/mol. The summed E-state index contributed by atoms with van der Waals surface area (Å²) in [6, 6.07) is 7.84. The van der Waals surface area contributed by atoms with Gasteiger partial charge >= 0.3 is 0 Å². The van der Waals surface area contributed by atoms with Gasteiger partial charge in [-0.1, -0.05) is 51.3 Å². The smallest absolute Gasteiger partial charge is 0.264 e. The molecular weight excluding hydrogens is 312 g/mol. The van der Waals surface area contributed by atoms with Crippen LogP contribution in [0.25, 0.3) is 10.9 Å². The van der Waals surface area contributed by atoms with E-state index in [4.69, 9.17) is 5.73 Å². The van der Waals surface area contributed by atoms with Crippen LogP contribution < -0.4 is 11.3 Å². The first kappa shape index (κ1) is 19.2. The van der Waals surface area contributed by atoms with Gasteiger partial charge in [0.05, 0.1) is 5.52 Å². The van der Waals surface area contributed by atoms with E-state index in [1.54, 1.807) is 4.57 Å². The Morgan fingerprint density at radius 2 is 1.84 bits per heavy atom. The Kier molecular flexibility index (Phi) is 6.40. The number of unbranched alkanes of at least 4 members (excludes halogenated alkanes) is 2. The highest BCUT2D eigenvalue weighted by Crippen LogP contribution is 2.33. The highest BCUT2D eigenvalue weighted by molar-refractivity contribution is 5.99. The van der Waals surface area contributed by atoms with Crippen LogP contribution in [0.2, 0.25) is 0 Å². The van der Waals surface area contributed by atoms with Crippen LogP contribution >= 0.6 is 0 Å². The van der Waals surface area contributed by atoms with E-state index in [1.807, 2.05) is 38.1 Å². The third kappa shape index (κ3) is 3.78. The molecule has 2 aromatic rings. The average Bonchev–Trinajstić information content (AvgIpc) is 2.57. The van der Waals surface area contributed by atoms with Crippen molar-refractivity contribution < 1.29 is 4.79 Å². The Morgan fingerprint density at radius 1 is 1.16 bits per heavy atom. The van der Waals surface area contributed by atoms with Crippen LogP contribution in [0, 0.1) is 0 Å². The zero-order valence-corrected chi connectivity index (χ0v) is 15.8. The summed E-state index contributed by atoms with van der Waals surface area (Å²) in [6.07, 6.45) is 5.26. The molecule has 0 saturated carbocycles. The maximum absolute atomic E-state index is 13.1. The Hall–Kier alpha value is -2.10. The van der Waals surface area contributed by atoms with Crippen LogP contribution in [-0.4, -0.2) is 10.5 Å². The Balaban J connectivity index is 2.81. The number of hydrogen-bond acceptors (Lipinski definition) is 2. The monoisotopic (exact) mass is 342 g/mol. The van der Waals surface area contributed by atoms with Gasteiger partial charge in [0.25, 0.3) is 11.5 Å². The molecule has 0 saturated heterocycles. The zero-order chi connectivity index (χ0) is 18.6. The van der Waals surface area contributed by atoms with Gasteiger partial charge in [0.1, 0.15) is 5.56 Å². The van der Waals surface area contributed by atoms with E-state index < -0.39 is 5.91 Å². The summed E-state index contributed by atoms with van der Waals surface area (Å²) in [6.45, 7) is 8.20. The van der Waals surface area contributed by atoms with Crippen molar-refractivity contribution in [2.75, 3.05) is 0 Å². The highest BCUT2D eigenvalue weighted by atomic mass is 16.2. The first-order valence-corrected chi connectivity index (χ1v) is 9.40. The first-order valence-electron chi connectivity index (χ1n) is 9.40. The molecule has 1 aromatic heterocycles. The molecule has 1 heterocycles. The molecule has 136 valence electrons. The van der Waals surface area contributed by atoms with Crippen molar-refractivity contribution >= 4 is 16.8 Å². The molecule has 25 heavy (non-hydrogen) atoms. The van der Waals surface area contributed by atoms with Crippen LogP contribution in [0.3, 0.4) is 0 Å². The number of amides is 1. The fourth-order valence-electron chi connectivity index (χ4n) is 3.76. The van der Waals surface area contributed by atoms with Gasteiger partial charge in [0.15, 0.2) is 0 Å². The number of benzene rings is 1. The van der Waals surface area contributed by atoms with Crippen LogP contribution in [0.5, 0.6) is 0 Å². The fraction of sp³-hybridized carbons (Fsp3) is 0.524. The molecule has 0 radical (unpaired) electrons. The van der Waals surface area contributed by atoms with Crippen molar-refractivity contribution in [1.29, 1.82) is 0 Å². The second-order valence-electron chi connectivity index (χ2n) is 7.04. The molecular formula is C21H30N2O2. The van der Waals surface area contributed by atoms with E-state index in [0.29, 0.717) is 0 Å². The molecule has 1 unspecified atom stereocenters. The third-order valence-electron chi connectivity index (χ3n) is 4.98. The summed E-state index contributed by atoms with van der Waals surface area (Å²) >= 11 is 0. The minimum atomic E-state index is -0.617. The molecule has 0 aliphatic carbocycles. The zero-order valence-electron chi connectivity index (χ0n) is 15.8. The van der Waals surface area contributed by atoms with Crippen LogP contribution in [0.1, 0.15) is 87.7 Å². The number of primary amides is 1. The molecule has 4 nitrogen and oxygen atoms in total. The molecule has 2 N–H and O–H groups in total. The van der Waals surface area contributed by atoms with Crippen molar-refractivity contribution in [3.05, 3.63) is 45.7 Å². The number of rotatable bonds is 8. The minimum Gasteiger partial charge on any atom is -0.365 e. The summed E-state index contributed by atoms with van der Waals surface area (Å²) in [5, 5.41) is 0.980. The van der Waals surface area contributed by atoms with E-state index in [9.17, 15) is 9.59 Å². The van der Waals surface area contributed by atoms with Gasteiger partial charge in [-0.25, -0.2) is 0 Å². The van der Waals surface area contributed by atoms with Crippen molar-refractivity contribution in [2.24, 2.45) is 5.73 Å². The molecule has 1 amide bonds. The Labute approximate surface area is 150 Å². The number of aromatic nitrogens is 1. The Bertz CT molecular complexity index is 805. The van der Waals surface area contributed by atoms with Crippen LogP contribution in [-0.2, 0) is 0 Å². The molecule has 0 aliphatic rings. The lowest BCUT2D eigenvalue weighted by molar-refractivity contribution is 0.0997. The number of para-hydroxylation sites is 1. The van der Waals surface area contributed by atoms with Crippen molar-refractivity contribution in [1.82, 2.24) is 4.57 Å². The molecule has 4 heteroatoms. The topological polar surface area (TPSA) is 65.1 Å². The molecule has 0 aliphatic heterocycles. The van der Waals surface area contributed by atoms with E-state index >= 15 is 0 Å². The van der Waals surface area contributed by atoms with E-state index in [1.165, 1.54) is 0 Å². The van der Waals surface area contributed by atoms with Crippen molar-refractivity contribution in [3.8, 4) is 0 Å². The van der Waals surface area contributed by atoms with Gasteiger partial charge < -0.3 is 10.3 Å². The van der Waals surface area contributed by atoms with Gasteiger partial charge in [-0.2, -0.15) is 0 Å². The summed E-state index contributed by atoms with van der Waals surface area (Å²) < 4.78 is 1.69.